The Morgan fingerprint density at radius 1 is 1.23 bits per heavy atom. The van der Waals surface area contributed by atoms with Gasteiger partial charge in [0, 0.05) is 23.1 Å². The fourth-order valence-electron chi connectivity index (χ4n) is 2.98. The maximum absolute atomic E-state index is 12.5. The molecule has 0 fully saturated rings. The molecule has 1 amide bonds. The maximum Gasteiger partial charge on any atom is 0.241 e. The molecule has 0 saturated heterocycles. The lowest BCUT2D eigenvalue weighted by atomic mass is 10.0. The summed E-state index contributed by atoms with van der Waals surface area (Å²) >= 11 is 9.57. The van der Waals surface area contributed by atoms with E-state index in [4.69, 9.17) is 21.1 Å². The van der Waals surface area contributed by atoms with Crippen LogP contribution < -0.4 is 14.8 Å². The third-order valence-electron chi connectivity index (χ3n) is 4.25. The highest BCUT2D eigenvalue weighted by Crippen LogP contribution is 2.36. The third kappa shape index (κ3) is 4.14. The molecular formula is C19H20BrClN2O3. The van der Waals surface area contributed by atoms with Crippen molar-refractivity contribution < 1.29 is 14.3 Å². The smallest absolute Gasteiger partial charge is 0.241 e. The van der Waals surface area contributed by atoms with Crippen molar-refractivity contribution in [3.8, 4) is 11.5 Å². The predicted molar refractivity (Wildman–Crippen MR) is 105 cm³/mol. The Balaban J connectivity index is 1.87. The first-order valence-electron chi connectivity index (χ1n) is 8.25. The van der Waals surface area contributed by atoms with Crippen LogP contribution in [0.4, 0.5) is 0 Å². The normalized spacial score (nSPS) is 14.2. The number of hydrogen-bond donors (Lipinski definition) is 1. The van der Waals surface area contributed by atoms with Gasteiger partial charge < -0.3 is 14.8 Å². The van der Waals surface area contributed by atoms with Crippen molar-refractivity contribution in [3.63, 3.8) is 0 Å². The number of amides is 1. The van der Waals surface area contributed by atoms with Gasteiger partial charge in [0.2, 0.25) is 5.91 Å². The van der Waals surface area contributed by atoms with Crippen LogP contribution in [0.1, 0.15) is 17.2 Å². The van der Waals surface area contributed by atoms with Gasteiger partial charge in [-0.2, -0.15) is 0 Å². The quantitative estimate of drug-likeness (QED) is 0.770. The molecule has 3 rings (SSSR count). The van der Waals surface area contributed by atoms with Gasteiger partial charge in [0.1, 0.15) is 19.3 Å². The Morgan fingerprint density at radius 2 is 1.85 bits per heavy atom. The second-order valence-electron chi connectivity index (χ2n) is 6.07. The number of carbonyl (C=O) groups is 1. The van der Waals surface area contributed by atoms with Crippen LogP contribution in [-0.2, 0) is 11.3 Å². The third-order valence-corrected chi connectivity index (χ3v) is 5.24. The van der Waals surface area contributed by atoms with Gasteiger partial charge >= 0.3 is 0 Å². The zero-order valence-electron chi connectivity index (χ0n) is 14.6. The minimum Gasteiger partial charge on any atom is -0.486 e. The Kier molecular flexibility index (Phi) is 6.06. The standard InChI is InChI=1S/C19H20BrClN2O3/c1-22-19(24)18(12-3-5-14(21)6-4-12)23(2)11-13-9-16-17(10-15(13)20)26-8-7-25-16/h3-6,9-10,18H,7-8,11H2,1-2H3,(H,22,24)/t18-/m0/s1. The lowest BCUT2D eigenvalue weighted by Gasteiger charge is -2.28. The minimum absolute atomic E-state index is 0.0801. The summed E-state index contributed by atoms with van der Waals surface area (Å²) in [6.45, 7) is 1.64. The van der Waals surface area contributed by atoms with Crippen molar-refractivity contribution in [1.82, 2.24) is 10.2 Å². The summed E-state index contributed by atoms with van der Waals surface area (Å²) in [6, 6.07) is 10.8. The van der Waals surface area contributed by atoms with Gasteiger partial charge in [-0.15, -0.1) is 0 Å². The number of halogens is 2. The first kappa shape index (κ1) is 19.0. The monoisotopic (exact) mass is 438 g/mol. The Hall–Kier alpha value is -1.76. The molecule has 26 heavy (non-hydrogen) atoms. The summed E-state index contributed by atoms with van der Waals surface area (Å²) in [5, 5.41) is 3.38. The molecule has 0 unspecified atom stereocenters. The number of benzene rings is 2. The molecule has 1 N–H and O–H groups in total. The maximum atomic E-state index is 12.5. The molecule has 2 aromatic rings. The van der Waals surface area contributed by atoms with Gasteiger partial charge in [-0.05, 0) is 42.4 Å². The van der Waals surface area contributed by atoms with Gasteiger partial charge in [-0.25, -0.2) is 0 Å². The van der Waals surface area contributed by atoms with E-state index in [-0.39, 0.29) is 5.91 Å². The molecule has 0 saturated carbocycles. The number of rotatable bonds is 5. The summed E-state index contributed by atoms with van der Waals surface area (Å²) < 4.78 is 12.2. The number of nitrogens with one attached hydrogen (secondary N) is 1. The fraction of sp³-hybridized carbons (Fsp3) is 0.316. The lowest BCUT2D eigenvalue weighted by molar-refractivity contribution is -0.125. The Labute approximate surface area is 166 Å². The van der Waals surface area contributed by atoms with Gasteiger partial charge in [0.15, 0.2) is 11.5 Å². The van der Waals surface area contributed by atoms with Crippen molar-refractivity contribution in [1.29, 1.82) is 0 Å². The van der Waals surface area contributed by atoms with Crippen LogP contribution in [0.2, 0.25) is 5.02 Å². The zero-order valence-corrected chi connectivity index (χ0v) is 16.9. The molecular weight excluding hydrogens is 420 g/mol. The van der Waals surface area contributed by atoms with Crippen LogP contribution in [0, 0.1) is 0 Å². The van der Waals surface area contributed by atoms with E-state index in [9.17, 15) is 4.79 Å². The van der Waals surface area contributed by atoms with Crippen molar-refractivity contribution in [2.24, 2.45) is 0 Å². The van der Waals surface area contributed by atoms with Crippen LogP contribution in [0.3, 0.4) is 0 Å². The van der Waals surface area contributed by atoms with E-state index in [0.717, 1.165) is 27.1 Å². The molecule has 1 aliphatic rings. The lowest BCUT2D eigenvalue weighted by Crippen LogP contribution is -2.37. The van der Waals surface area contributed by atoms with E-state index in [1.54, 1.807) is 19.2 Å². The van der Waals surface area contributed by atoms with Crippen LogP contribution in [0.15, 0.2) is 40.9 Å². The molecule has 0 bridgehead atoms. The first-order chi connectivity index (χ1) is 12.5. The molecule has 1 aliphatic heterocycles. The average Bonchev–Trinajstić information content (AvgIpc) is 2.64. The fourth-order valence-corrected chi connectivity index (χ4v) is 3.55. The molecule has 7 heteroatoms. The van der Waals surface area contributed by atoms with Gasteiger partial charge in [-0.1, -0.05) is 39.7 Å². The van der Waals surface area contributed by atoms with Crippen molar-refractivity contribution in [3.05, 3.63) is 57.0 Å². The molecule has 0 aliphatic carbocycles. The van der Waals surface area contributed by atoms with Crippen LogP contribution in [-0.4, -0.2) is 38.1 Å². The van der Waals surface area contributed by atoms with E-state index in [0.29, 0.717) is 24.8 Å². The number of hydrogen-bond acceptors (Lipinski definition) is 4. The molecule has 1 atom stereocenters. The van der Waals surface area contributed by atoms with Crippen molar-refractivity contribution >= 4 is 33.4 Å². The average molecular weight is 440 g/mol. The van der Waals surface area contributed by atoms with Crippen LogP contribution in [0.25, 0.3) is 0 Å². The van der Waals surface area contributed by atoms with E-state index >= 15 is 0 Å². The molecule has 2 aromatic carbocycles. The first-order valence-corrected chi connectivity index (χ1v) is 9.42. The Bertz CT molecular complexity index is 798. The highest BCUT2D eigenvalue weighted by Gasteiger charge is 2.25. The van der Waals surface area contributed by atoms with E-state index in [1.165, 1.54) is 0 Å². The van der Waals surface area contributed by atoms with Crippen LogP contribution >= 0.6 is 27.5 Å². The van der Waals surface area contributed by atoms with Gasteiger partial charge in [-0.3, -0.25) is 9.69 Å². The second-order valence-corrected chi connectivity index (χ2v) is 7.36. The highest BCUT2D eigenvalue weighted by atomic mass is 79.9. The van der Waals surface area contributed by atoms with E-state index in [2.05, 4.69) is 21.2 Å². The number of likely N-dealkylation sites (N-methyl/N-ethyl adjacent to an activating group) is 2. The number of nitrogens with zero attached hydrogens (tertiary/aromatic N) is 1. The molecule has 5 nitrogen and oxygen atoms in total. The summed E-state index contributed by atoms with van der Waals surface area (Å²) in [7, 11) is 3.55. The largest absolute Gasteiger partial charge is 0.486 e. The van der Waals surface area contributed by atoms with Gasteiger partial charge in [0.25, 0.3) is 0 Å². The second kappa shape index (κ2) is 8.29. The Morgan fingerprint density at radius 3 is 2.46 bits per heavy atom. The molecule has 0 radical (unpaired) electrons. The SMILES string of the molecule is CNC(=O)[C@H](c1ccc(Cl)cc1)N(C)Cc1cc2c(cc1Br)OCCO2. The van der Waals surface area contributed by atoms with Crippen molar-refractivity contribution in [2.75, 3.05) is 27.3 Å². The summed E-state index contributed by atoms with van der Waals surface area (Å²) in [4.78, 5) is 14.5. The van der Waals surface area contributed by atoms with E-state index in [1.807, 2.05) is 36.2 Å². The highest BCUT2D eigenvalue weighted by molar-refractivity contribution is 9.10. The topological polar surface area (TPSA) is 50.8 Å². The van der Waals surface area contributed by atoms with Gasteiger partial charge in [0.05, 0.1) is 0 Å². The summed E-state index contributed by atoms with van der Waals surface area (Å²) in [5.41, 5.74) is 1.89. The number of ether oxygens (including phenoxy) is 2. The predicted octanol–water partition coefficient (Wildman–Crippen LogP) is 3.79. The molecule has 0 aromatic heterocycles. The summed E-state index contributed by atoms with van der Waals surface area (Å²) in [6.07, 6.45) is 0. The number of carbonyl (C=O) groups excluding carboxylic acids is 1. The van der Waals surface area contributed by atoms with Crippen LogP contribution in [0.5, 0.6) is 11.5 Å². The molecule has 138 valence electrons. The number of fused-ring (bicyclic) bond motifs is 1. The minimum atomic E-state index is -0.433. The van der Waals surface area contributed by atoms with E-state index < -0.39 is 6.04 Å². The molecule has 1 heterocycles. The van der Waals surface area contributed by atoms with Crippen molar-refractivity contribution in [2.45, 2.75) is 12.6 Å². The summed E-state index contributed by atoms with van der Waals surface area (Å²) in [5.74, 6) is 1.38. The molecule has 0 spiro atoms. The zero-order chi connectivity index (χ0) is 18.7.